The quantitative estimate of drug-likeness (QED) is 0.131. The molecule has 0 atom stereocenters. The third-order valence-electron chi connectivity index (χ3n) is 10.3. The van der Waals surface area contributed by atoms with E-state index in [4.69, 9.17) is 4.42 Å². The monoisotopic (exact) mass is 728 g/mol. The Morgan fingerprint density at radius 1 is 0.600 bits per heavy atom. The van der Waals surface area contributed by atoms with Crippen molar-refractivity contribution < 1.29 is 4.42 Å². The lowest BCUT2D eigenvalue weighted by Gasteiger charge is -2.35. The molecule has 2 aromatic heterocycles. The van der Waals surface area contributed by atoms with E-state index in [0.29, 0.717) is 0 Å². The Hall–Kier alpha value is -6.62. The number of rotatable bonds is 10. The number of allylic oxidation sites excluding steroid dienone is 7. The van der Waals surface area contributed by atoms with Crippen molar-refractivity contribution in [3.63, 3.8) is 0 Å². The molecule has 8 aromatic rings. The fourth-order valence-corrected chi connectivity index (χ4v) is 8.77. The highest BCUT2D eigenvalue weighted by atomic mass is 32.1. The molecule has 0 spiro atoms. The van der Waals surface area contributed by atoms with E-state index in [2.05, 4.69) is 193 Å². The predicted octanol–water partition coefficient (Wildman–Crippen LogP) is 15.1. The third kappa shape index (κ3) is 6.62. The molecule has 55 heavy (non-hydrogen) atoms. The van der Waals surface area contributed by atoms with Crippen LogP contribution in [0.4, 0.5) is 22.7 Å². The summed E-state index contributed by atoms with van der Waals surface area (Å²) in [6.07, 6.45) is 10.4. The fraction of sp³-hybridized carbons (Fsp3) is 0.0588. The van der Waals surface area contributed by atoms with E-state index >= 15 is 0 Å². The minimum atomic E-state index is 0.894. The number of benzene rings is 6. The minimum Gasteiger partial charge on any atom is -0.455 e. The summed E-state index contributed by atoms with van der Waals surface area (Å²) in [6, 6.07) is 58.1. The Kier molecular flexibility index (Phi) is 9.33. The molecule has 9 rings (SSSR count). The molecule has 266 valence electrons. The molecule has 0 radical (unpaired) electrons. The van der Waals surface area contributed by atoms with Gasteiger partial charge in [-0.1, -0.05) is 128 Å². The summed E-state index contributed by atoms with van der Waals surface area (Å²) >= 11 is 1.87. The van der Waals surface area contributed by atoms with Crippen LogP contribution in [0.5, 0.6) is 0 Å². The van der Waals surface area contributed by atoms with Crippen LogP contribution in [0.2, 0.25) is 0 Å². The van der Waals surface area contributed by atoms with Gasteiger partial charge in [-0.05, 0) is 103 Å². The van der Waals surface area contributed by atoms with Crippen LogP contribution in [0.3, 0.4) is 0 Å². The van der Waals surface area contributed by atoms with E-state index in [-0.39, 0.29) is 0 Å². The second-order valence-corrected chi connectivity index (χ2v) is 14.8. The molecule has 6 aromatic carbocycles. The van der Waals surface area contributed by atoms with E-state index in [1.165, 1.54) is 26.6 Å². The van der Waals surface area contributed by atoms with E-state index in [9.17, 15) is 0 Å². The van der Waals surface area contributed by atoms with Crippen molar-refractivity contribution in [1.29, 1.82) is 0 Å². The van der Waals surface area contributed by atoms with Gasteiger partial charge in [-0.25, -0.2) is 0 Å². The smallest absolute Gasteiger partial charge is 0.143 e. The van der Waals surface area contributed by atoms with Gasteiger partial charge in [0.25, 0.3) is 0 Å². The molecule has 1 aliphatic carbocycles. The van der Waals surface area contributed by atoms with E-state index in [0.717, 1.165) is 74.4 Å². The SMILES string of the molecule is C=C/C=C(\C)N(c1ccccc1)c1ccccc1N(C1=CC=C(c2ccc(-c3ccccc3)s2)CC1)c1ccc(-c2cccc3c2oc2ccccc23)cc1. The van der Waals surface area contributed by atoms with E-state index < -0.39 is 0 Å². The standard InChI is InChI=1S/C51H40N2OS/c1-3-15-36(2)52(40-18-8-5-9-19-40)46-23-11-12-24-47(46)53(42-32-28-39(29-33-42)50-35-34-49(55-50)38-16-6-4-7-17-38)41-30-26-37(27-31-41)43-21-14-22-45-44-20-10-13-25-48(44)54-51(43)45/h3-28,30-32,34-35H,1,29,33H2,2H3/b36-15+. The molecular formula is C51H40N2OS. The van der Waals surface area contributed by atoms with Gasteiger partial charge in [0.2, 0.25) is 0 Å². The Morgan fingerprint density at radius 3 is 2.05 bits per heavy atom. The largest absolute Gasteiger partial charge is 0.455 e. The molecule has 0 aliphatic heterocycles. The Balaban J connectivity index is 1.16. The van der Waals surface area contributed by atoms with Crippen LogP contribution >= 0.6 is 11.3 Å². The first-order chi connectivity index (χ1) is 27.2. The summed E-state index contributed by atoms with van der Waals surface area (Å²) in [4.78, 5) is 7.38. The van der Waals surface area contributed by atoms with Crippen molar-refractivity contribution in [1.82, 2.24) is 0 Å². The molecule has 1 aliphatic rings. The van der Waals surface area contributed by atoms with Crippen molar-refractivity contribution in [2.45, 2.75) is 19.8 Å². The first-order valence-corrected chi connectivity index (χ1v) is 19.6. The van der Waals surface area contributed by atoms with Gasteiger partial charge in [-0.3, -0.25) is 0 Å². The van der Waals surface area contributed by atoms with Gasteiger partial charge in [-0.2, -0.15) is 0 Å². The molecule has 3 nitrogen and oxygen atoms in total. The fourth-order valence-electron chi connectivity index (χ4n) is 7.71. The van der Waals surface area contributed by atoms with Gasteiger partial charge in [-0.15, -0.1) is 11.3 Å². The summed E-state index contributed by atoms with van der Waals surface area (Å²) in [6.45, 7) is 6.17. The van der Waals surface area contributed by atoms with Crippen LogP contribution in [0.25, 0.3) is 49.1 Å². The first kappa shape index (κ1) is 34.2. The minimum absolute atomic E-state index is 0.894. The number of para-hydroxylation sites is 5. The second kappa shape index (κ2) is 15.0. The van der Waals surface area contributed by atoms with Gasteiger partial charge < -0.3 is 14.2 Å². The van der Waals surface area contributed by atoms with Crippen molar-refractivity contribution in [3.8, 4) is 21.6 Å². The van der Waals surface area contributed by atoms with Crippen molar-refractivity contribution in [3.05, 3.63) is 211 Å². The molecule has 2 heterocycles. The molecule has 0 N–H and O–H groups in total. The first-order valence-electron chi connectivity index (χ1n) is 18.8. The highest BCUT2D eigenvalue weighted by Gasteiger charge is 2.24. The van der Waals surface area contributed by atoms with Gasteiger partial charge in [0.15, 0.2) is 0 Å². The molecule has 0 saturated heterocycles. The van der Waals surface area contributed by atoms with Crippen molar-refractivity contribution >= 4 is 61.6 Å². The maximum atomic E-state index is 6.44. The van der Waals surface area contributed by atoms with Crippen LogP contribution in [-0.2, 0) is 0 Å². The normalized spacial score (nSPS) is 13.1. The highest BCUT2D eigenvalue weighted by molar-refractivity contribution is 7.16. The highest BCUT2D eigenvalue weighted by Crippen LogP contribution is 2.45. The summed E-state index contributed by atoms with van der Waals surface area (Å²) < 4.78 is 6.44. The summed E-state index contributed by atoms with van der Waals surface area (Å²) in [5.74, 6) is 0. The number of furan rings is 1. The number of hydrogen-bond acceptors (Lipinski definition) is 4. The lowest BCUT2D eigenvalue weighted by molar-refractivity contribution is 0.670. The zero-order chi connectivity index (χ0) is 37.1. The lowest BCUT2D eigenvalue weighted by Crippen LogP contribution is -2.22. The van der Waals surface area contributed by atoms with Crippen LogP contribution in [0.1, 0.15) is 24.6 Å². The van der Waals surface area contributed by atoms with E-state index in [1.54, 1.807) is 0 Å². The van der Waals surface area contributed by atoms with Gasteiger partial charge >= 0.3 is 0 Å². The number of thiophene rings is 1. The number of anilines is 4. The molecule has 0 amide bonds. The van der Waals surface area contributed by atoms with Gasteiger partial charge in [0, 0.05) is 48.9 Å². The van der Waals surface area contributed by atoms with Gasteiger partial charge in [0.05, 0.1) is 11.4 Å². The molecular weight excluding hydrogens is 689 g/mol. The average Bonchev–Trinajstić information content (AvgIpc) is 3.89. The van der Waals surface area contributed by atoms with E-state index in [1.807, 2.05) is 29.5 Å². The van der Waals surface area contributed by atoms with Crippen LogP contribution in [0.15, 0.2) is 210 Å². The summed E-state index contributed by atoms with van der Waals surface area (Å²) in [7, 11) is 0. The van der Waals surface area contributed by atoms with Crippen LogP contribution in [-0.4, -0.2) is 0 Å². The topological polar surface area (TPSA) is 19.6 Å². The molecule has 0 fully saturated rings. The number of fused-ring (bicyclic) bond motifs is 3. The van der Waals surface area contributed by atoms with Gasteiger partial charge in [0.1, 0.15) is 11.2 Å². The molecule has 4 heteroatoms. The van der Waals surface area contributed by atoms with Crippen molar-refractivity contribution in [2.75, 3.05) is 9.80 Å². The summed E-state index contributed by atoms with van der Waals surface area (Å²) in [5, 5.41) is 2.27. The molecule has 0 bridgehead atoms. The average molecular weight is 729 g/mol. The Bertz CT molecular complexity index is 2730. The van der Waals surface area contributed by atoms with Crippen LogP contribution in [0, 0.1) is 0 Å². The molecule has 0 unspecified atom stereocenters. The molecule has 0 saturated carbocycles. The maximum Gasteiger partial charge on any atom is 0.143 e. The zero-order valence-corrected chi connectivity index (χ0v) is 31.5. The zero-order valence-electron chi connectivity index (χ0n) is 30.7. The Labute approximate surface area is 326 Å². The second-order valence-electron chi connectivity index (χ2n) is 13.7. The lowest BCUT2D eigenvalue weighted by atomic mass is 9.98. The Morgan fingerprint density at radius 2 is 1.29 bits per heavy atom. The maximum absolute atomic E-state index is 6.44. The predicted molar refractivity (Wildman–Crippen MR) is 235 cm³/mol. The summed E-state index contributed by atoms with van der Waals surface area (Å²) in [5.41, 5.74) is 13.3. The third-order valence-corrected chi connectivity index (χ3v) is 11.5. The van der Waals surface area contributed by atoms with Crippen molar-refractivity contribution in [2.24, 2.45) is 0 Å². The van der Waals surface area contributed by atoms with Crippen LogP contribution < -0.4 is 9.80 Å². The number of hydrogen-bond donors (Lipinski definition) is 0. The number of nitrogens with zero attached hydrogens (tertiary/aromatic N) is 2.